The molecule has 0 aliphatic rings. The van der Waals surface area contributed by atoms with E-state index in [0.717, 1.165) is 151 Å². The van der Waals surface area contributed by atoms with Gasteiger partial charge in [-0.1, -0.05) is 403 Å². The molecule has 0 bridgehead atoms. The van der Waals surface area contributed by atoms with Gasteiger partial charge >= 0.3 is 14.6 Å². The molecule has 0 fully saturated rings. The average molecular weight is 1870 g/mol. The Hall–Kier alpha value is -15.3. The smallest absolute Gasteiger partial charge is 0.450 e. The monoisotopic (exact) mass is 1870 g/mol. The third-order valence-corrected chi connectivity index (χ3v) is 23.0. The van der Waals surface area contributed by atoms with Crippen molar-refractivity contribution in [1.29, 1.82) is 0 Å². The van der Waals surface area contributed by atoms with Gasteiger partial charge in [-0.05, 0) is 101 Å². The van der Waals surface area contributed by atoms with Crippen LogP contribution in [0.1, 0.15) is 0 Å². The average Bonchev–Trinajstić information content (AvgIpc) is 1.59. The van der Waals surface area contributed by atoms with E-state index in [4.69, 9.17) is 81.3 Å². The van der Waals surface area contributed by atoms with Gasteiger partial charge in [-0.15, -0.1) is 0 Å². The van der Waals surface area contributed by atoms with E-state index in [2.05, 4.69) is 197 Å². The highest BCUT2D eigenvalue weighted by Gasteiger charge is 2.23. The van der Waals surface area contributed by atoms with E-state index >= 15 is 0 Å². The van der Waals surface area contributed by atoms with Gasteiger partial charge in [0, 0.05) is 87.4 Å². The molecule has 0 amide bonds. The highest BCUT2D eigenvalue weighted by molar-refractivity contribution is 9.10. The normalized spacial score (nSPS) is 10.9. The molecule has 23 heteroatoms. The zero-order chi connectivity index (χ0) is 90.9. The van der Waals surface area contributed by atoms with Gasteiger partial charge in [-0.3, -0.25) is 13.7 Å². The predicted octanol–water partition coefficient (Wildman–Crippen LogP) is 26.0. The van der Waals surface area contributed by atoms with Crippen LogP contribution in [0.5, 0.6) is 0 Å². The van der Waals surface area contributed by atoms with Crippen LogP contribution in [0.4, 0.5) is 0 Å². The van der Waals surface area contributed by atoms with Gasteiger partial charge in [0.1, 0.15) is 10.3 Å². The second-order valence-electron chi connectivity index (χ2n) is 30.4. The molecule has 639 valence electrons. The number of benzene rings is 15. The number of hydrogen-bond acceptors (Lipinski definition) is 13. The van der Waals surface area contributed by atoms with Crippen molar-refractivity contribution >= 4 is 153 Å². The van der Waals surface area contributed by atoms with Crippen LogP contribution in [0.25, 0.3) is 173 Å². The summed E-state index contributed by atoms with van der Waals surface area (Å²) >= 11 is 25.9. The fourth-order valence-electron chi connectivity index (χ4n) is 15.6. The molecular formula is C110H75B2BrCl4N13O3. The molecule has 8 heterocycles. The number of halogens is 5. The fraction of sp³-hybridized carbons (Fsp3) is 0. The van der Waals surface area contributed by atoms with E-state index in [-0.39, 0.29) is 20.9 Å². The molecule has 15 aromatic carbocycles. The maximum absolute atomic E-state index is 9.73. The maximum Gasteiger partial charge on any atom is 0.488 e. The first-order valence-corrected chi connectivity index (χ1v) is 44.7. The second-order valence-corrected chi connectivity index (χ2v) is 32.7. The third-order valence-electron chi connectivity index (χ3n) is 21.8. The third kappa shape index (κ3) is 20.7. The first-order valence-electron chi connectivity index (χ1n) is 42.4. The Balaban J connectivity index is 0.000000113. The Kier molecular flexibility index (Phi) is 27.7. The lowest BCUT2D eigenvalue weighted by Crippen LogP contribution is -2.29. The quantitative estimate of drug-likeness (QED) is 0.0559. The molecule has 16 nitrogen and oxygen atoms in total. The lowest BCUT2D eigenvalue weighted by molar-refractivity contribution is 0.426. The molecule has 8 aromatic heterocycles. The largest absolute Gasteiger partial charge is 0.488 e. The lowest BCUT2D eigenvalue weighted by atomic mass is 9.80. The summed E-state index contributed by atoms with van der Waals surface area (Å²) in [6, 6.07) is 145. The highest BCUT2D eigenvalue weighted by Crippen LogP contribution is 2.39. The molecule has 23 rings (SSSR count). The minimum Gasteiger partial charge on any atom is -0.450 e. The van der Waals surface area contributed by atoms with Crippen molar-refractivity contribution < 1.29 is 15.1 Å². The Labute approximate surface area is 795 Å². The Bertz CT molecular complexity index is 7640. The molecule has 0 unspecified atom stereocenters. The molecule has 0 saturated carbocycles. The molecular weight excluding hydrogens is 1790 g/mol. The fourth-order valence-corrected chi connectivity index (χ4v) is 16.9. The number of fused-ring (bicyclic) bond motifs is 9. The summed E-state index contributed by atoms with van der Waals surface area (Å²) < 4.78 is 7.42. The van der Waals surface area contributed by atoms with Crippen molar-refractivity contribution in [3.8, 4) is 108 Å². The zero-order valence-corrected chi connectivity index (χ0v) is 75.4. The van der Waals surface area contributed by atoms with E-state index in [1.54, 1.807) is 6.07 Å². The standard InChI is InChI=1S/C28H20BN3O2.C28H18BrN3.C28H19N3.C16H11ClN2.C6H6BO.C4HCl3N2/c33-29(34)21-15-16-27-23(17-21)22-13-7-8-14-26(22)32(27)28-30-24(19-9-3-1-4-10-19)18-25(31-28)20-11-5-2-6-12-20;29-21-15-16-27-23(17-21)22-13-7-8-14-26(22)32(27)28-30-24(19-9-3-1-4-10-19)18-25(31-28)20-11-5-2-6-12-20;1-3-11-20(12-4-1)24-19-25(21-13-5-2-6-14-21)30-28(29-24)31-26-17-9-7-15-22(26)23-16-8-10-18-27(23)31;17-16-18-14(12-7-3-1-4-8-12)11-15(19-16)13-9-5-2-6-10-13;8-7-6-4-2-1-3-5-6;5-2-1-3(6)9-4(7)8-2/h1-18,33-34H;1-18H;1-19H;1-11H;1-5,8H;1H. The van der Waals surface area contributed by atoms with Crippen molar-refractivity contribution in [2.24, 2.45) is 0 Å². The number of rotatable bonds is 13. The maximum atomic E-state index is 9.73. The number of para-hydroxylation sites is 4. The van der Waals surface area contributed by atoms with Crippen LogP contribution < -0.4 is 10.9 Å². The van der Waals surface area contributed by atoms with Crippen molar-refractivity contribution in [3.63, 3.8) is 0 Å². The van der Waals surface area contributed by atoms with Gasteiger partial charge < -0.3 is 15.1 Å². The molecule has 0 aliphatic heterocycles. The van der Waals surface area contributed by atoms with Gasteiger partial charge in [0.2, 0.25) is 28.4 Å². The molecule has 0 aliphatic carbocycles. The molecule has 3 N–H and O–H groups in total. The van der Waals surface area contributed by atoms with Crippen LogP contribution in [-0.2, 0) is 0 Å². The summed E-state index contributed by atoms with van der Waals surface area (Å²) in [5.74, 6) is 1.90. The van der Waals surface area contributed by atoms with Crippen molar-refractivity contribution in [3.05, 3.63) is 462 Å². The Morgan fingerprint density at radius 1 is 0.226 bits per heavy atom. The summed E-state index contributed by atoms with van der Waals surface area (Å²) in [5.41, 5.74) is 22.8. The van der Waals surface area contributed by atoms with E-state index in [9.17, 15) is 10.0 Å². The minimum atomic E-state index is -1.53. The predicted molar refractivity (Wildman–Crippen MR) is 548 cm³/mol. The van der Waals surface area contributed by atoms with E-state index in [0.29, 0.717) is 23.3 Å². The zero-order valence-electron chi connectivity index (χ0n) is 70.8. The highest BCUT2D eigenvalue weighted by atomic mass is 79.9. The summed E-state index contributed by atoms with van der Waals surface area (Å²) in [6.45, 7) is 0. The van der Waals surface area contributed by atoms with Crippen molar-refractivity contribution in [2.75, 3.05) is 0 Å². The first kappa shape index (κ1) is 88.4. The SMILES string of the molecule is Brc1ccc2c(c1)c1ccccc1n2-c1nc(-c2ccccc2)cc(-c2ccccc2)n1.Clc1cc(Cl)nc(Cl)n1.Clc1nc(-c2ccccc2)cc(-c2ccccc2)n1.OB(O)c1ccc2c(c1)c1ccccc1n2-c1nc(-c2ccccc2)cc(-c2ccccc2)n1.O[B]c1ccccc1.c1ccc(-c2cc(-c3ccccc3)nc(-n3c4ccccc4c4ccccc43)n2)cc1. The van der Waals surface area contributed by atoms with Crippen molar-refractivity contribution in [2.45, 2.75) is 0 Å². The summed E-state index contributed by atoms with van der Waals surface area (Å²) in [7, 11) is -0.450. The second kappa shape index (κ2) is 41.7. The van der Waals surface area contributed by atoms with Crippen LogP contribution in [0, 0.1) is 0 Å². The van der Waals surface area contributed by atoms with Crippen molar-refractivity contribution in [1.82, 2.24) is 63.5 Å². The summed E-state index contributed by atoms with van der Waals surface area (Å²) in [4.78, 5) is 45.8. The molecule has 23 aromatic rings. The van der Waals surface area contributed by atoms with E-state index in [1.807, 2.05) is 278 Å². The number of hydrogen-bond donors (Lipinski definition) is 3. The Morgan fingerprint density at radius 3 is 0.714 bits per heavy atom. The number of nitrogens with zero attached hydrogens (tertiary/aromatic N) is 13. The molecule has 0 atom stereocenters. The summed E-state index contributed by atoms with van der Waals surface area (Å²) in [6.07, 6.45) is 0. The van der Waals surface area contributed by atoms with Gasteiger partial charge in [0.25, 0.3) is 0 Å². The lowest BCUT2D eigenvalue weighted by Gasteiger charge is -2.12. The van der Waals surface area contributed by atoms with Gasteiger partial charge in [-0.25, -0.2) is 49.8 Å². The van der Waals surface area contributed by atoms with Crippen LogP contribution in [0.15, 0.2) is 441 Å². The van der Waals surface area contributed by atoms with Crippen LogP contribution >= 0.6 is 62.3 Å². The van der Waals surface area contributed by atoms with Gasteiger partial charge in [0.15, 0.2) is 0 Å². The van der Waals surface area contributed by atoms with Gasteiger partial charge in [0.05, 0.1) is 78.7 Å². The topological polar surface area (TPSA) is 204 Å². The van der Waals surface area contributed by atoms with Crippen LogP contribution in [0.2, 0.25) is 20.9 Å². The van der Waals surface area contributed by atoms with Gasteiger partial charge in [-0.2, -0.15) is 0 Å². The first-order chi connectivity index (χ1) is 65.3. The Morgan fingerprint density at radius 2 is 0.451 bits per heavy atom. The summed E-state index contributed by atoms with van der Waals surface area (Å²) in [5, 5.41) is 35.4. The van der Waals surface area contributed by atoms with Crippen LogP contribution in [-0.4, -0.2) is 93.2 Å². The number of aromatic nitrogens is 13. The minimum absolute atomic E-state index is 0.0625. The molecule has 1 radical (unpaired) electrons. The molecule has 0 spiro atoms. The van der Waals surface area contributed by atoms with E-state index in [1.165, 1.54) is 27.6 Å². The van der Waals surface area contributed by atoms with Crippen LogP contribution in [0.3, 0.4) is 0 Å². The van der Waals surface area contributed by atoms with E-state index < -0.39 is 7.12 Å². The molecule has 133 heavy (non-hydrogen) atoms. The molecule has 0 saturated heterocycles.